The van der Waals surface area contributed by atoms with Gasteiger partial charge < -0.3 is 4.74 Å². The molecule has 1 N–H and O–H groups in total. The van der Waals surface area contributed by atoms with Crippen LogP contribution in [0.3, 0.4) is 0 Å². The van der Waals surface area contributed by atoms with Gasteiger partial charge in [-0.1, -0.05) is 12.1 Å². The maximum atomic E-state index is 12.1. The second-order valence-electron chi connectivity index (χ2n) is 4.68. The van der Waals surface area contributed by atoms with Gasteiger partial charge in [0, 0.05) is 6.54 Å². The summed E-state index contributed by atoms with van der Waals surface area (Å²) in [6.45, 7) is 4.88. The van der Waals surface area contributed by atoms with Crippen molar-refractivity contribution in [1.29, 1.82) is 5.26 Å². The van der Waals surface area contributed by atoms with E-state index < -0.39 is 22.1 Å². The summed E-state index contributed by atoms with van der Waals surface area (Å²) in [5.41, 5.74) is 1.47. The van der Waals surface area contributed by atoms with Gasteiger partial charge in [0.25, 0.3) is 0 Å². The number of rotatable bonds is 6. The Morgan fingerprint density at radius 2 is 2.10 bits per heavy atom. The van der Waals surface area contributed by atoms with Crippen LogP contribution < -0.4 is 4.72 Å². The van der Waals surface area contributed by atoms with Crippen molar-refractivity contribution in [2.75, 3.05) is 6.54 Å². The highest BCUT2D eigenvalue weighted by atomic mass is 32.2. The molecule has 0 radical (unpaired) electrons. The molecule has 0 aliphatic carbocycles. The molecule has 0 saturated carbocycles. The Labute approximate surface area is 124 Å². The molecule has 0 aromatic heterocycles. The second-order valence-corrected chi connectivity index (χ2v) is 6.41. The molecular formula is C14H18N2O4S. The first-order valence-corrected chi connectivity index (χ1v) is 7.90. The van der Waals surface area contributed by atoms with Crippen molar-refractivity contribution in [2.24, 2.45) is 0 Å². The quantitative estimate of drug-likeness (QED) is 0.802. The number of aryl methyl sites for hydroxylation is 2. The van der Waals surface area contributed by atoms with Crippen LogP contribution in [0, 0.1) is 25.2 Å². The molecule has 0 bridgehead atoms. The molecule has 0 saturated heterocycles. The number of benzene rings is 1. The van der Waals surface area contributed by atoms with Crippen molar-refractivity contribution < 1.29 is 17.9 Å². The molecule has 1 aromatic rings. The lowest BCUT2D eigenvalue weighted by Crippen LogP contribution is -2.28. The Balaban J connectivity index is 2.64. The fourth-order valence-electron chi connectivity index (χ4n) is 1.64. The van der Waals surface area contributed by atoms with Crippen LogP contribution in [0.4, 0.5) is 0 Å². The lowest BCUT2D eigenvalue weighted by molar-refractivity contribution is -0.145. The number of nitriles is 1. The maximum absolute atomic E-state index is 12.1. The average Bonchev–Trinajstić information content (AvgIpc) is 2.40. The first-order chi connectivity index (χ1) is 9.76. The predicted molar refractivity (Wildman–Crippen MR) is 76.9 cm³/mol. The van der Waals surface area contributed by atoms with Crippen LogP contribution >= 0.6 is 0 Å². The first-order valence-electron chi connectivity index (χ1n) is 6.42. The smallest absolute Gasteiger partial charge is 0.308 e. The van der Waals surface area contributed by atoms with Crippen molar-refractivity contribution in [2.45, 2.75) is 38.2 Å². The minimum absolute atomic E-state index is 0.0767. The molecule has 21 heavy (non-hydrogen) atoms. The summed E-state index contributed by atoms with van der Waals surface area (Å²) < 4.78 is 31.4. The van der Waals surface area contributed by atoms with E-state index in [1.165, 1.54) is 6.92 Å². The molecule has 0 aliphatic rings. The van der Waals surface area contributed by atoms with Gasteiger partial charge in [0.1, 0.15) is 6.07 Å². The van der Waals surface area contributed by atoms with Gasteiger partial charge in [0.2, 0.25) is 10.0 Å². The Morgan fingerprint density at radius 1 is 1.43 bits per heavy atom. The van der Waals surface area contributed by atoms with Gasteiger partial charge >= 0.3 is 5.97 Å². The molecule has 1 atom stereocenters. The molecule has 0 unspecified atom stereocenters. The summed E-state index contributed by atoms with van der Waals surface area (Å²) in [6, 6.07) is 6.89. The first kappa shape index (κ1) is 17.1. The molecular weight excluding hydrogens is 292 g/mol. The molecule has 114 valence electrons. The fraction of sp³-hybridized carbons (Fsp3) is 0.429. The Hall–Kier alpha value is -1.91. The van der Waals surface area contributed by atoms with E-state index in [1.54, 1.807) is 32.0 Å². The minimum atomic E-state index is -3.67. The van der Waals surface area contributed by atoms with Gasteiger partial charge in [0.15, 0.2) is 6.10 Å². The van der Waals surface area contributed by atoms with E-state index in [-0.39, 0.29) is 17.9 Å². The minimum Gasteiger partial charge on any atom is -0.447 e. The molecule has 6 nitrogen and oxygen atoms in total. The summed E-state index contributed by atoms with van der Waals surface area (Å²) in [7, 11) is -3.67. The van der Waals surface area contributed by atoms with E-state index in [1.807, 2.05) is 6.07 Å². The highest BCUT2D eigenvalue weighted by Gasteiger charge is 2.17. The highest BCUT2D eigenvalue weighted by Crippen LogP contribution is 2.16. The van der Waals surface area contributed by atoms with Crippen molar-refractivity contribution in [3.8, 4) is 6.07 Å². The summed E-state index contributed by atoms with van der Waals surface area (Å²) in [4.78, 5) is 11.5. The molecule has 1 rings (SSSR count). The van der Waals surface area contributed by atoms with Crippen molar-refractivity contribution in [3.63, 3.8) is 0 Å². The summed E-state index contributed by atoms with van der Waals surface area (Å²) >= 11 is 0. The molecule has 0 fully saturated rings. The van der Waals surface area contributed by atoms with Gasteiger partial charge in [0.05, 0.1) is 11.3 Å². The lowest BCUT2D eigenvalue weighted by Gasteiger charge is -2.10. The van der Waals surface area contributed by atoms with E-state index in [2.05, 4.69) is 4.72 Å². The van der Waals surface area contributed by atoms with Crippen LogP contribution in [0.2, 0.25) is 0 Å². The van der Waals surface area contributed by atoms with Crippen LogP contribution in [0.15, 0.2) is 23.1 Å². The number of carbonyl (C=O) groups is 1. The molecule has 1 aromatic carbocycles. The molecule has 0 spiro atoms. The third-order valence-electron chi connectivity index (χ3n) is 2.74. The number of nitrogens with one attached hydrogen (secondary N) is 1. The molecule has 7 heteroatoms. The summed E-state index contributed by atoms with van der Waals surface area (Å²) in [5, 5.41) is 8.50. The molecule has 0 heterocycles. The lowest BCUT2D eigenvalue weighted by atomic mass is 10.2. The van der Waals surface area contributed by atoms with Gasteiger partial charge in [-0.15, -0.1) is 0 Å². The van der Waals surface area contributed by atoms with E-state index in [0.717, 1.165) is 5.56 Å². The zero-order valence-corrected chi connectivity index (χ0v) is 13.0. The van der Waals surface area contributed by atoms with E-state index in [9.17, 15) is 13.2 Å². The van der Waals surface area contributed by atoms with Gasteiger partial charge in [-0.3, -0.25) is 4.79 Å². The topological polar surface area (TPSA) is 96.3 Å². The average molecular weight is 310 g/mol. The van der Waals surface area contributed by atoms with Gasteiger partial charge in [-0.25, -0.2) is 13.1 Å². The largest absolute Gasteiger partial charge is 0.447 e. The number of carbonyl (C=O) groups excluding carboxylic acids is 1. The van der Waals surface area contributed by atoms with Gasteiger partial charge in [-0.05, 0) is 38.0 Å². The summed E-state index contributed by atoms with van der Waals surface area (Å²) in [6.07, 6.45) is -0.969. The van der Waals surface area contributed by atoms with E-state index >= 15 is 0 Å². The number of ether oxygens (including phenoxy) is 1. The number of esters is 1. The third kappa shape index (κ3) is 5.17. The number of hydrogen-bond donors (Lipinski definition) is 1. The fourth-order valence-corrected chi connectivity index (χ4v) is 3.00. The van der Waals surface area contributed by atoms with Crippen LogP contribution in [-0.2, 0) is 19.6 Å². The number of nitrogens with zero attached hydrogens (tertiary/aromatic N) is 1. The standard InChI is InChI=1S/C14H18N2O4S/c1-10-4-5-11(2)13(8-10)21(18,19)16-7-6-14(17)20-12(3)9-15/h4-5,8,12,16H,6-7H2,1-3H3/t12-/m1/s1. The second kappa shape index (κ2) is 7.20. The number of sulfonamides is 1. The van der Waals surface area contributed by atoms with Crippen LogP contribution in [0.5, 0.6) is 0 Å². The normalized spacial score (nSPS) is 12.5. The third-order valence-corrected chi connectivity index (χ3v) is 4.35. The van der Waals surface area contributed by atoms with E-state index in [0.29, 0.717) is 5.56 Å². The Kier molecular flexibility index (Phi) is 5.88. The SMILES string of the molecule is Cc1ccc(C)c(S(=O)(=O)NCCC(=O)O[C@H](C)C#N)c1. The monoisotopic (exact) mass is 310 g/mol. The predicted octanol–water partition coefficient (Wildman–Crippen LogP) is 1.43. The van der Waals surface area contributed by atoms with Crippen molar-refractivity contribution in [1.82, 2.24) is 4.72 Å². The zero-order chi connectivity index (χ0) is 16.0. The van der Waals surface area contributed by atoms with Crippen LogP contribution in [0.1, 0.15) is 24.5 Å². The van der Waals surface area contributed by atoms with Crippen molar-refractivity contribution >= 4 is 16.0 Å². The van der Waals surface area contributed by atoms with Crippen LogP contribution in [-0.4, -0.2) is 27.0 Å². The Morgan fingerprint density at radius 3 is 2.71 bits per heavy atom. The van der Waals surface area contributed by atoms with Gasteiger partial charge in [-0.2, -0.15) is 5.26 Å². The maximum Gasteiger partial charge on any atom is 0.308 e. The zero-order valence-electron chi connectivity index (χ0n) is 12.2. The number of hydrogen-bond acceptors (Lipinski definition) is 5. The van der Waals surface area contributed by atoms with E-state index in [4.69, 9.17) is 10.00 Å². The molecule has 0 aliphatic heterocycles. The van der Waals surface area contributed by atoms with Crippen LogP contribution in [0.25, 0.3) is 0 Å². The molecule has 0 amide bonds. The Bertz CT molecular complexity index is 662. The highest BCUT2D eigenvalue weighted by molar-refractivity contribution is 7.89. The summed E-state index contributed by atoms with van der Waals surface area (Å²) in [5.74, 6) is -0.618. The van der Waals surface area contributed by atoms with Crippen molar-refractivity contribution in [3.05, 3.63) is 29.3 Å².